The molecule has 25 heavy (non-hydrogen) atoms. The summed E-state index contributed by atoms with van der Waals surface area (Å²) in [5.74, 6) is 0.648. The Kier molecular flexibility index (Phi) is 4.05. The molecule has 6 heteroatoms. The molecule has 2 heterocycles. The predicted octanol–water partition coefficient (Wildman–Crippen LogP) is 4.46. The van der Waals surface area contributed by atoms with E-state index in [0.717, 1.165) is 29.8 Å². The zero-order chi connectivity index (χ0) is 17.0. The van der Waals surface area contributed by atoms with Gasteiger partial charge in [-0.05, 0) is 43.7 Å². The van der Waals surface area contributed by atoms with E-state index in [4.69, 9.17) is 27.9 Å². The van der Waals surface area contributed by atoms with Crippen LogP contribution in [0.15, 0.2) is 24.4 Å². The normalized spacial score (nSPS) is 28.0. The summed E-state index contributed by atoms with van der Waals surface area (Å²) < 4.78 is 8.48. The van der Waals surface area contributed by atoms with Gasteiger partial charge in [-0.15, -0.1) is 0 Å². The van der Waals surface area contributed by atoms with E-state index in [-0.39, 0.29) is 0 Å². The van der Waals surface area contributed by atoms with Gasteiger partial charge in [-0.1, -0.05) is 29.3 Å². The third-order valence-electron chi connectivity index (χ3n) is 5.76. The molecule has 2 saturated carbocycles. The predicted molar refractivity (Wildman–Crippen MR) is 99.0 cm³/mol. The fourth-order valence-corrected chi connectivity index (χ4v) is 4.91. The van der Waals surface area contributed by atoms with E-state index < -0.39 is 0 Å². The highest BCUT2D eigenvalue weighted by Gasteiger charge is 2.40. The van der Waals surface area contributed by atoms with E-state index in [1.807, 2.05) is 24.4 Å². The van der Waals surface area contributed by atoms with Crippen molar-refractivity contribution in [1.82, 2.24) is 15.1 Å². The van der Waals surface area contributed by atoms with Crippen LogP contribution in [0.1, 0.15) is 37.4 Å². The molecule has 3 fully saturated rings. The molecule has 0 unspecified atom stereocenters. The molecule has 4 nitrogen and oxygen atoms in total. The van der Waals surface area contributed by atoms with Crippen LogP contribution in [0.2, 0.25) is 10.0 Å². The molecule has 0 spiro atoms. The van der Waals surface area contributed by atoms with Gasteiger partial charge in [-0.25, -0.2) is 0 Å². The number of hydrogen-bond donors (Lipinski definition) is 1. The molecule has 132 valence electrons. The molecule has 1 aromatic carbocycles. The van der Waals surface area contributed by atoms with Gasteiger partial charge in [0.05, 0.1) is 40.7 Å². The molecular weight excluding hydrogens is 357 g/mol. The Morgan fingerprint density at radius 1 is 1.20 bits per heavy atom. The van der Waals surface area contributed by atoms with Gasteiger partial charge in [0.1, 0.15) is 0 Å². The molecule has 2 aromatic rings. The number of fused-ring (bicyclic) bond motifs is 2. The zero-order valence-corrected chi connectivity index (χ0v) is 15.4. The first-order valence-corrected chi connectivity index (χ1v) is 9.82. The number of aromatic nitrogens is 2. The molecule has 2 aliphatic carbocycles. The van der Waals surface area contributed by atoms with Crippen LogP contribution in [0.5, 0.6) is 0 Å². The summed E-state index contributed by atoms with van der Waals surface area (Å²) in [5, 5.41) is 9.50. The van der Waals surface area contributed by atoms with E-state index in [1.165, 1.54) is 19.3 Å². The molecule has 3 aliphatic rings. The van der Waals surface area contributed by atoms with Crippen LogP contribution in [-0.4, -0.2) is 28.5 Å². The monoisotopic (exact) mass is 377 g/mol. The molecule has 1 aromatic heterocycles. The van der Waals surface area contributed by atoms with Crippen molar-refractivity contribution >= 4 is 23.2 Å². The molecule has 0 amide bonds. The zero-order valence-electron chi connectivity index (χ0n) is 13.9. The lowest BCUT2D eigenvalue weighted by molar-refractivity contribution is 0.00653. The number of nitrogens with zero attached hydrogens (tertiary/aromatic N) is 2. The maximum Gasteiger partial charge on any atom is 0.0895 e. The van der Waals surface area contributed by atoms with Crippen LogP contribution in [0.3, 0.4) is 0 Å². The topological polar surface area (TPSA) is 39.1 Å². The first-order chi connectivity index (χ1) is 12.2. The van der Waals surface area contributed by atoms with Crippen molar-refractivity contribution < 1.29 is 4.74 Å². The molecule has 2 bridgehead atoms. The fraction of sp³-hybridized carbons (Fsp3) is 0.526. The summed E-state index contributed by atoms with van der Waals surface area (Å²) in [6.07, 6.45) is 6.97. The highest BCUT2D eigenvalue weighted by molar-refractivity contribution is 6.39. The Balaban J connectivity index is 1.46. The summed E-state index contributed by atoms with van der Waals surface area (Å²) in [6, 6.07) is 6.77. The fourth-order valence-electron chi connectivity index (χ4n) is 4.31. The lowest BCUT2D eigenvalue weighted by Crippen LogP contribution is -2.34. The highest BCUT2D eigenvalue weighted by Crippen LogP contribution is 2.42. The minimum Gasteiger partial charge on any atom is -0.372 e. The van der Waals surface area contributed by atoms with Gasteiger partial charge in [-0.3, -0.25) is 4.68 Å². The van der Waals surface area contributed by atoms with Crippen molar-refractivity contribution in [3.8, 4) is 11.1 Å². The Morgan fingerprint density at radius 3 is 2.64 bits per heavy atom. The third-order valence-corrected chi connectivity index (χ3v) is 6.39. The minimum atomic E-state index is 0.350. The van der Waals surface area contributed by atoms with E-state index in [0.29, 0.717) is 40.8 Å². The van der Waals surface area contributed by atoms with E-state index in [1.54, 1.807) is 0 Å². The van der Waals surface area contributed by atoms with Crippen LogP contribution in [0, 0.1) is 5.92 Å². The van der Waals surface area contributed by atoms with E-state index in [2.05, 4.69) is 15.1 Å². The maximum absolute atomic E-state index is 6.45. The molecule has 3 atom stereocenters. The number of rotatable bonds is 5. The first kappa shape index (κ1) is 16.1. The van der Waals surface area contributed by atoms with Crippen molar-refractivity contribution in [3.05, 3.63) is 40.1 Å². The van der Waals surface area contributed by atoms with Gasteiger partial charge in [0.25, 0.3) is 0 Å². The number of benzene rings is 1. The second-order valence-electron chi connectivity index (χ2n) is 7.46. The third kappa shape index (κ3) is 2.89. The van der Waals surface area contributed by atoms with Crippen molar-refractivity contribution in [2.45, 2.75) is 50.5 Å². The van der Waals surface area contributed by atoms with Crippen LogP contribution in [0.4, 0.5) is 0 Å². The highest BCUT2D eigenvalue weighted by atomic mass is 35.5. The van der Waals surface area contributed by atoms with E-state index >= 15 is 0 Å². The summed E-state index contributed by atoms with van der Waals surface area (Å²) in [5.41, 5.74) is 2.97. The van der Waals surface area contributed by atoms with Gasteiger partial charge in [0, 0.05) is 23.7 Å². The van der Waals surface area contributed by atoms with Crippen LogP contribution in [0.25, 0.3) is 11.1 Å². The average Bonchev–Trinajstić information content (AvgIpc) is 3.03. The lowest BCUT2D eigenvalue weighted by Gasteiger charge is -2.23. The smallest absolute Gasteiger partial charge is 0.0895 e. The molecule has 1 saturated heterocycles. The summed E-state index contributed by atoms with van der Waals surface area (Å²) >= 11 is 12.9. The Labute approximate surface area is 157 Å². The first-order valence-electron chi connectivity index (χ1n) is 9.06. The van der Waals surface area contributed by atoms with Crippen LogP contribution in [-0.2, 0) is 11.3 Å². The van der Waals surface area contributed by atoms with E-state index in [9.17, 15) is 0 Å². The van der Waals surface area contributed by atoms with Crippen LogP contribution >= 0.6 is 23.2 Å². The number of piperidine rings is 1. The standard InChI is InChI=1S/C19H21Cl2N3O/c20-15-2-1-3-16(21)19(15)14-9-23-24(13-4-5-13)17(14)10-25-18-7-12-6-11(18)8-22-12/h1-3,9,11-13,18,22H,4-8,10H2/t11-,12-,18+/m0/s1. The van der Waals surface area contributed by atoms with Crippen molar-refractivity contribution in [3.63, 3.8) is 0 Å². The summed E-state index contributed by atoms with van der Waals surface area (Å²) in [6.45, 7) is 1.65. The molecule has 0 radical (unpaired) electrons. The second kappa shape index (κ2) is 6.27. The Hall–Kier alpha value is -1.07. The van der Waals surface area contributed by atoms with Gasteiger partial charge in [0.2, 0.25) is 0 Å². The Morgan fingerprint density at radius 2 is 2.00 bits per heavy atom. The average molecular weight is 378 g/mol. The van der Waals surface area contributed by atoms with Gasteiger partial charge in [-0.2, -0.15) is 5.10 Å². The Bertz CT molecular complexity index is 782. The molecule has 1 N–H and O–H groups in total. The van der Waals surface area contributed by atoms with Crippen molar-refractivity contribution in [1.29, 1.82) is 0 Å². The van der Waals surface area contributed by atoms with Gasteiger partial charge >= 0.3 is 0 Å². The maximum atomic E-state index is 6.45. The lowest BCUT2D eigenvalue weighted by atomic mass is 10.1. The van der Waals surface area contributed by atoms with Crippen molar-refractivity contribution in [2.24, 2.45) is 5.92 Å². The number of ether oxygens (including phenoxy) is 1. The molecule has 1 aliphatic heterocycles. The van der Waals surface area contributed by atoms with Crippen molar-refractivity contribution in [2.75, 3.05) is 6.54 Å². The molecular formula is C19H21Cl2N3O. The summed E-state index contributed by atoms with van der Waals surface area (Å²) in [7, 11) is 0. The SMILES string of the molecule is Clc1cccc(Cl)c1-c1cnn(C2CC2)c1CO[C@@H]1C[C@@H]2C[C@H]1CN2. The van der Waals surface area contributed by atoms with Gasteiger partial charge in [0.15, 0.2) is 0 Å². The largest absolute Gasteiger partial charge is 0.372 e. The minimum absolute atomic E-state index is 0.350. The van der Waals surface area contributed by atoms with Crippen LogP contribution < -0.4 is 5.32 Å². The van der Waals surface area contributed by atoms with Gasteiger partial charge < -0.3 is 10.1 Å². The second-order valence-corrected chi connectivity index (χ2v) is 8.28. The summed E-state index contributed by atoms with van der Waals surface area (Å²) in [4.78, 5) is 0. The number of nitrogens with one attached hydrogen (secondary N) is 1. The molecule has 5 rings (SSSR count). The quantitative estimate of drug-likeness (QED) is 0.835. The number of hydrogen-bond acceptors (Lipinski definition) is 3. The number of halogens is 2.